The van der Waals surface area contributed by atoms with Crippen molar-refractivity contribution in [1.82, 2.24) is 19.9 Å². The van der Waals surface area contributed by atoms with E-state index < -0.39 is 0 Å². The van der Waals surface area contributed by atoms with Crippen molar-refractivity contribution in [2.24, 2.45) is 0 Å². The molecule has 4 aromatic carbocycles. The van der Waals surface area contributed by atoms with Crippen LogP contribution in [0.25, 0.3) is 82.8 Å². The van der Waals surface area contributed by atoms with Crippen molar-refractivity contribution in [3.8, 4) is 22.3 Å². The Hall–Kier alpha value is -5.68. The zero-order valence-electron chi connectivity index (χ0n) is 22.5. The van der Waals surface area contributed by atoms with Crippen molar-refractivity contribution in [2.45, 2.75) is 0 Å². The minimum atomic E-state index is 0.804. The number of nitrogens with one attached hydrogen (secondary N) is 1. The minimum Gasteiger partial charge on any atom is -0.379 e. The van der Waals surface area contributed by atoms with Gasteiger partial charge in [-0.15, -0.1) is 0 Å². The van der Waals surface area contributed by atoms with E-state index in [1.807, 2.05) is 36.8 Å². The van der Waals surface area contributed by atoms with E-state index in [-0.39, 0.29) is 0 Å². The van der Waals surface area contributed by atoms with Gasteiger partial charge in [0.05, 0.1) is 33.3 Å². The molecule has 0 spiro atoms. The summed E-state index contributed by atoms with van der Waals surface area (Å²) >= 11 is 0. The van der Waals surface area contributed by atoms with Gasteiger partial charge < -0.3 is 5.32 Å². The second kappa shape index (κ2) is 8.91. The van der Waals surface area contributed by atoms with Crippen LogP contribution in [0.4, 0.5) is 5.69 Å². The number of nitrogens with zero attached hydrogens (tertiary/aromatic N) is 4. The van der Waals surface area contributed by atoms with E-state index in [4.69, 9.17) is 19.9 Å². The van der Waals surface area contributed by atoms with E-state index in [0.717, 1.165) is 89.0 Å². The second-order valence-corrected chi connectivity index (χ2v) is 10.7. The number of aromatic nitrogens is 4. The molecule has 0 bridgehead atoms. The number of para-hydroxylation sites is 1. The third-order valence-corrected chi connectivity index (χ3v) is 8.39. The quantitative estimate of drug-likeness (QED) is 0.176. The molecule has 5 heteroatoms. The first-order valence-electron chi connectivity index (χ1n) is 14.1. The zero-order chi connectivity index (χ0) is 27.6. The SMILES string of the molecule is C1=Cc2ccc3c(-c4ccc(-c5c6ccccc6nc6c5ccc5cccnc56)c5ncccc45)ccnc3c2NC1. The molecule has 196 valence electrons. The maximum Gasteiger partial charge on any atom is 0.0978 e. The third-order valence-electron chi connectivity index (χ3n) is 8.39. The molecule has 1 N–H and O–H groups in total. The van der Waals surface area contributed by atoms with Crippen molar-refractivity contribution in [3.05, 3.63) is 121 Å². The molecule has 42 heavy (non-hydrogen) atoms. The summed E-state index contributed by atoms with van der Waals surface area (Å²) in [4.78, 5) is 19.6. The molecule has 9 rings (SSSR count). The van der Waals surface area contributed by atoms with E-state index in [9.17, 15) is 0 Å². The Morgan fingerprint density at radius 3 is 2.26 bits per heavy atom. The smallest absolute Gasteiger partial charge is 0.0978 e. The highest BCUT2D eigenvalue weighted by Crippen LogP contribution is 2.43. The molecule has 0 atom stereocenters. The first-order valence-corrected chi connectivity index (χ1v) is 14.1. The van der Waals surface area contributed by atoms with Crippen molar-refractivity contribution < 1.29 is 0 Å². The molecule has 4 aromatic heterocycles. The number of fused-ring (bicyclic) bond motifs is 8. The number of hydrogen-bond acceptors (Lipinski definition) is 5. The van der Waals surface area contributed by atoms with Gasteiger partial charge in [-0.05, 0) is 41.0 Å². The van der Waals surface area contributed by atoms with Crippen LogP contribution in [0.2, 0.25) is 0 Å². The van der Waals surface area contributed by atoms with Crippen molar-refractivity contribution in [1.29, 1.82) is 0 Å². The summed E-state index contributed by atoms with van der Waals surface area (Å²) in [6.07, 6.45) is 9.94. The molecule has 0 saturated heterocycles. The van der Waals surface area contributed by atoms with Gasteiger partial charge in [0.15, 0.2) is 0 Å². The lowest BCUT2D eigenvalue weighted by atomic mass is 9.89. The van der Waals surface area contributed by atoms with Crippen LogP contribution in [-0.2, 0) is 0 Å². The summed E-state index contributed by atoms with van der Waals surface area (Å²) in [6.45, 7) is 0.804. The van der Waals surface area contributed by atoms with Crippen LogP contribution in [0.1, 0.15) is 5.56 Å². The predicted molar refractivity (Wildman–Crippen MR) is 174 cm³/mol. The molecule has 1 aliphatic rings. The van der Waals surface area contributed by atoms with E-state index >= 15 is 0 Å². The van der Waals surface area contributed by atoms with Gasteiger partial charge in [0.2, 0.25) is 0 Å². The van der Waals surface area contributed by atoms with Crippen LogP contribution in [0.15, 0.2) is 116 Å². The molecule has 0 amide bonds. The largest absolute Gasteiger partial charge is 0.379 e. The average molecular weight is 538 g/mol. The minimum absolute atomic E-state index is 0.804. The Labute approximate surface area is 241 Å². The van der Waals surface area contributed by atoms with Gasteiger partial charge in [0.1, 0.15) is 0 Å². The standard InChI is InChI=1S/C37H23N5/c1-2-10-31-28(8-1)32(30-14-12-23-7-4-19-39-34(23)37(30)42-31)29-16-15-24(26-9-5-20-40-35(26)29)25-17-21-41-36-27(25)13-11-22-6-3-18-38-33(22)36/h1-17,19-21,38H,18H2. The van der Waals surface area contributed by atoms with Gasteiger partial charge in [0.25, 0.3) is 0 Å². The van der Waals surface area contributed by atoms with Gasteiger partial charge in [-0.2, -0.15) is 0 Å². The van der Waals surface area contributed by atoms with Crippen LogP contribution in [-0.4, -0.2) is 26.5 Å². The van der Waals surface area contributed by atoms with Crippen LogP contribution in [0.3, 0.4) is 0 Å². The number of pyridine rings is 4. The molecular formula is C37H23N5. The summed E-state index contributed by atoms with van der Waals surface area (Å²) in [6, 6.07) is 31.9. The van der Waals surface area contributed by atoms with Crippen LogP contribution in [0, 0.1) is 0 Å². The Morgan fingerprint density at radius 2 is 1.29 bits per heavy atom. The maximum absolute atomic E-state index is 5.11. The van der Waals surface area contributed by atoms with Crippen LogP contribution >= 0.6 is 0 Å². The monoisotopic (exact) mass is 537 g/mol. The molecule has 1 aliphatic heterocycles. The Kier molecular flexibility index (Phi) is 4.90. The molecule has 0 unspecified atom stereocenters. The molecule has 0 fully saturated rings. The van der Waals surface area contributed by atoms with Crippen molar-refractivity contribution >= 4 is 66.3 Å². The third kappa shape index (κ3) is 3.31. The molecule has 0 saturated carbocycles. The maximum atomic E-state index is 5.11. The Morgan fingerprint density at radius 1 is 0.524 bits per heavy atom. The fraction of sp³-hybridized carbons (Fsp3) is 0.0270. The summed E-state index contributed by atoms with van der Waals surface area (Å²) in [5.74, 6) is 0. The zero-order valence-corrected chi connectivity index (χ0v) is 22.5. The van der Waals surface area contributed by atoms with E-state index in [0.29, 0.717) is 0 Å². The average Bonchev–Trinajstić information content (AvgIpc) is 3.06. The fourth-order valence-electron chi connectivity index (χ4n) is 6.53. The first-order chi connectivity index (χ1) is 20.8. The first kappa shape index (κ1) is 23.1. The van der Waals surface area contributed by atoms with Crippen molar-refractivity contribution in [2.75, 3.05) is 11.9 Å². The Bertz CT molecular complexity index is 2430. The Balaban J connectivity index is 1.36. The summed E-state index contributed by atoms with van der Waals surface area (Å²) < 4.78 is 0. The van der Waals surface area contributed by atoms with Crippen LogP contribution in [0.5, 0.6) is 0 Å². The van der Waals surface area contributed by atoms with Gasteiger partial charge in [-0.1, -0.05) is 78.9 Å². The summed E-state index contributed by atoms with van der Waals surface area (Å²) in [7, 11) is 0. The molecule has 0 radical (unpaired) electrons. The van der Waals surface area contributed by atoms with Gasteiger partial charge >= 0.3 is 0 Å². The molecule has 0 aliphatic carbocycles. The normalized spacial score (nSPS) is 12.8. The van der Waals surface area contributed by atoms with Gasteiger partial charge in [0, 0.05) is 63.2 Å². The molecular weight excluding hydrogens is 514 g/mol. The molecule has 5 heterocycles. The number of rotatable bonds is 2. The summed E-state index contributed by atoms with van der Waals surface area (Å²) in [5, 5.41) is 8.99. The van der Waals surface area contributed by atoms with E-state index in [1.165, 1.54) is 5.56 Å². The highest BCUT2D eigenvalue weighted by molar-refractivity contribution is 6.20. The topological polar surface area (TPSA) is 63.6 Å². The molecule has 5 nitrogen and oxygen atoms in total. The van der Waals surface area contributed by atoms with E-state index in [2.05, 4.69) is 90.3 Å². The van der Waals surface area contributed by atoms with E-state index in [1.54, 1.807) is 0 Å². The lowest BCUT2D eigenvalue weighted by molar-refractivity contribution is 1.30. The fourth-order valence-corrected chi connectivity index (χ4v) is 6.53. The highest BCUT2D eigenvalue weighted by Gasteiger charge is 2.19. The lowest BCUT2D eigenvalue weighted by Crippen LogP contribution is -2.05. The predicted octanol–water partition coefficient (Wildman–Crippen LogP) is 8.81. The molecule has 8 aromatic rings. The van der Waals surface area contributed by atoms with Gasteiger partial charge in [-0.3, -0.25) is 15.0 Å². The van der Waals surface area contributed by atoms with Crippen molar-refractivity contribution in [3.63, 3.8) is 0 Å². The lowest BCUT2D eigenvalue weighted by Gasteiger charge is -2.18. The number of hydrogen-bond donors (Lipinski definition) is 1. The van der Waals surface area contributed by atoms with Crippen LogP contribution < -0.4 is 5.32 Å². The summed E-state index contributed by atoms with van der Waals surface area (Å²) in [5.41, 5.74) is 11.4. The second-order valence-electron chi connectivity index (χ2n) is 10.7. The number of anilines is 1. The highest BCUT2D eigenvalue weighted by atomic mass is 14.9. The number of benzene rings is 4. The van der Waals surface area contributed by atoms with Gasteiger partial charge in [-0.25, -0.2) is 4.98 Å².